The number of hydrogen-bond acceptors (Lipinski definition) is 2. The van der Waals surface area contributed by atoms with Gasteiger partial charge in [0.05, 0.1) is 17.0 Å². The molecule has 0 saturated carbocycles. The van der Waals surface area contributed by atoms with Gasteiger partial charge in [-0.1, -0.05) is 72.9 Å². The number of fused-ring (bicyclic) bond motifs is 1. The fourth-order valence-electron chi connectivity index (χ4n) is 3.07. The number of nitrogens with zero attached hydrogens (tertiary/aromatic N) is 1. The number of anilines is 1. The highest BCUT2D eigenvalue weighted by molar-refractivity contribution is 7.80. The summed E-state index contributed by atoms with van der Waals surface area (Å²) >= 11 is 5.48. The summed E-state index contributed by atoms with van der Waals surface area (Å²) < 4.78 is 0. The first-order valence-corrected chi connectivity index (χ1v) is 8.27. The predicted molar refractivity (Wildman–Crippen MR) is 103 cm³/mol. The predicted octanol–water partition coefficient (Wildman–Crippen LogP) is 4.79. The molecule has 116 valence electrons. The number of amides is 1. The van der Waals surface area contributed by atoms with Crippen LogP contribution < -0.4 is 4.90 Å². The lowest BCUT2D eigenvalue weighted by atomic mass is 10.0. The van der Waals surface area contributed by atoms with Gasteiger partial charge in [0.2, 0.25) is 0 Å². The van der Waals surface area contributed by atoms with Gasteiger partial charge in [0.1, 0.15) is 0 Å². The summed E-state index contributed by atoms with van der Waals surface area (Å²) in [6.07, 6.45) is 8.54. The molecule has 0 saturated heterocycles. The first kappa shape index (κ1) is 14.8. The quantitative estimate of drug-likeness (QED) is 0.583. The normalized spacial score (nSPS) is 18.1. The van der Waals surface area contributed by atoms with E-state index in [1.807, 2.05) is 78.9 Å². The maximum atomic E-state index is 13.1. The first-order valence-electron chi connectivity index (χ1n) is 7.86. The average Bonchev–Trinajstić information content (AvgIpc) is 2.89. The summed E-state index contributed by atoms with van der Waals surface area (Å²) in [5, 5.41) is 0. The van der Waals surface area contributed by atoms with Crippen LogP contribution in [-0.4, -0.2) is 10.8 Å². The Morgan fingerprint density at radius 3 is 2.54 bits per heavy atom. The van der Waals surface area contributed by atoms with Crippen LogP contribution in [0.2, 0.25) is 0 Å². The third-order valence-electron chi connectivity index (χ3n) is 4.20. The third kappa shape index (κ3) is 2.43. The fourth-order valence-corrected chi connectivity index (χ4v) is 3.32. The molecule has 2 aromatic carbocycles. The topological polar surface area (TPSA) is 20.3 Å². The molecule has 0 spiro atoms. The van der Waals surface area contributed by atoms with Gasteiger partial charge in [-0.3, -0.25) is 9.69 Å². The highest BCUT2D eigenvalue weighted by Gasteiger charge is 2.35. The van der Waals surface area contributed by atoms with Crippen molar-refractivity contribution in [3.63, 3.8) is 0 Å². The number of benzene rings is 2. The van der Waals surface area contributed by atoms with Crippen molar-refractivity contribution in [1.29, 1.82) is 0 Å². The maximum Gasteiger partial charge on any atom is 0.263 e. The minimum atomic E-state index is -0.0241. The van der Waals surface area contributed by atoms with Crippen LogP contribution >= 0.6 is 12.2 Å². The lowest BCUT2D eigenvalue weighted by Gasteiger charge is -2.22. The third-order valence-corrected chi connectivity index (χ3v) is 4.58. The second kappa shape index (κ2) is 6.02. The van der Waals surface area contributed by atoms with Crippen LogP contribution in [0.25, 0.3) is 11.6 Å². The van der Waals surface area contributed by atoms with E-state index in [1.165, 1.54) is 0 Å². The lowest BCUT2D eigenvalue weighted by molar-refractivity contribution is -0.112. The second-order valence-corrected chi connectivity index (χ2v) is 6.23. The molecule has 0 N–H and O–H groups in total. The Morgan fingerprint density at radius 2 is 1.75 bits per heavy atom. The molecule has 0 unspecified atom stereocenters. The zero-order valence-corrected chi connectivity index (χ0v) is 13.8. The van der Waals surface area contributed by atoms with Crippen LogP contribution in [-0.2, 0) is 4.79 Å². The molecule has 0 aromatic heterocycles. The summed E-state index contributed by atoms with van der Waals surface area (Å²) in [5.41, 5.74) is 4.37. The van der Waals surface area contributed by atoms with Crippen molar-refractivity contribution in [3.05, 3.63) is 89.6 Å². The number of thiocarbonyl (C=S) groups is 1. The van der Waals surface area contributed by atoms with Gasteiger partial charge in [0.15, 0.2) is 0 Å². The number of rotatable bonds is 2. The van der Waals surface area contributed by atoms with E-state index in [-0.39, 0.29) is 5.91 Å². The van der Waals surface area contributed by atoms with Crippen molar-refractivity contribution in [3.8, 4) is 0 Å². The van der Waals surface area contributed by atoms with E-state index in [1.54, 1.807) is 4.90 Å². The molecular formula is C21H15NOS. The molecule has 1 aliphatic heterocycles. The van der Waals surface area contributed by atoms with Crippen molar-refractivity contribution >= 4 is 40.3 Å². The molecule has 2 nitrogen and oxygen atoms in total. The molecular weight excluding hydrogens is 314 g/mol. The maximum absolute atomic E-state index is 13.1. The van der Waals surface area contributed by atoms with E-state index in [0.29, 0.717) is 12.0 Å². The van der Waals surface area contributed by atoms with E-state index >= 15 is 0 Å². The zero-order valence-electron chi connectivity index (χ0n) is 13.0. The van der Waals surface area contributed by atoms with E-state index < -0.39 is 0 Å². The lowest BCUT2D eigenvalue weighted by Crippen LogP contribution is -2.30. The van der Waals surface area contributed by atoms with Crippen LogP contribution in [0.4, 0.5) is 5.69 Å². The average molecular weight is 329 g/mol. The van der Waals surface area contributed by atoms with Gasteiger partial charge in [-0.2, -0.15) is 0 Å². The summed E-state index contributed by atoms with van der Waals surface area (Å²) in [4.78, 5) is 15.7. The largest absolute Gasteiger partial charge is 0.275 e. The summed E-state index contributed by atoms with van der Waals surface area (Å²) in [6, 6.07) is 17.8. The molecule has 1 aliphatic carbocycles. The summed E-state index contributed by atoms with van der Waals surface area (Å²) in [5.74, 6) is -0.0241. The SMILES string of the molecule is O=C1C(=Cc2ccccc2)c2ccccc2N1C1=CC=CCC1=S. The minimum Gasteiger partial charge on any atom is -0.275 e. The van der Waals surface area contributed by atoms with E-state index in [2.05, 4.69) is 0 Å². The minimum absolute atomic E-state index is 0.0241. The van der Waals surface area contributed by atoms with Crippen molar-refractivity contribution in [2.45, 2.75) is 6.42 Å². The molecule has 1 heterocycles. The molecule has 2 aliphatic rings. The van der Waals surface area contributed by atoms with Crippen LogP contribution in [0.5, 0.6) is 0 Å². The van der Waals surface area contributed by atoms with Crippen molar-refractivity contribution in [1.82, 2.24) is 0 Å². The Bertz CT molecular complexity index is 922. The molecule has 0 fully saturated rings. The highest BCUT2D eigenvalue weighted by Crippen LogP contribution is 2.40. The van der Waals surface area contributed by atoms with Crippen molar-refractivity contribution in [2.75, 3.05) is 4.90 Å². The van der Waals surface area contributed by atoms with Crippen molar-refractivity contribution < 1.29 is 4.79 Å². The first-order chi connectivity index (χ1) is 11.8. The summed E-state index contributed by atoms with van der Waals surface area (Å²) in [7, 11) is 0. The highest BCUT2D eigenvalue weighted by atomic mass is 32.1. The summed E-state index contributed by atoms with van der Waals surface area (Å²) in [6.45, 7) is 0. The van der Waals surface area contributed by atoms with Gasteiger partial charge in [0.25, 0.3) is 5.91 Å². The zero-order chi connectivity index (χ0) is 16.5. The Morgan fingerprint density at radius 1 is 1.00 bits per heavy atom. The van der Waals surface area contributed by atoms with Gasteiger partial charge in [-0.05, 0) is 23.8 Å². The smallest absolute Gasteiger partial charge is 0.263 e. The molecule has 0 bridgehead atoms. The van der Waals surface area contributed by atoms with Gasteiger partial charge in [-0.15, -0.1) is 0 Å². The number of para-hydroxylation sites is 1. The fraction of sp³-hybridized carbons (Fsp3) is 0.0476. The van der Waals surface area contributed by atoms with E-state index in [4.69, 9.17) is 12.2 Å². The molecule has 0 atom stereocenters. The number of carbonyl (C=O) groups is 1. The Kier molecular flexibility index (Phi) is 3.71. The Balaban J connectivity index is 1.86. The number of hydrogen-bond donors (Lipinski definition) is 0. The number of allylic oxidation sites excluding steroid dienone is 4. The van der Waals surface area contributed by atoms with Gasteiger partial charge < -0.3 is 0 Å². The van der Waals surface area contributed by atoms with Crippen molar-refractivity contribution in [2.24, 2.45) is 0 Å². The molecule has 1 amide bonds. The molecule has 2 aromatic rings. The number of carbonyl (C=O) groups excluding carboxylic acids is 1. The van der Waals surface area contributed by atoms with Crippen LogP contribution in [0.1, 0.15) is 17.5 Å². The molecule has 3 heteroatoms. The van der Waals surface area contributed by atoms with Crippen LogP contribution in [0.3, 0.4) is 0 Å². The van der Waals surface area contributed by atoms with Gasteiger partial charge in [-0.25, -0.2) is 0 Å². The van der Waals surface area contributed by atoms with Crippen LogP contribution in [0.15, 0.2) is 78.5 Å². The molecule has 0 radical (unpaired) electrons. The van der Waals surface area contributed by atoms with Crippen LogP contribution in [0, 0.1) is 0 Å². The van der Waals surface area contributed by atoms with Gasteiger partial charge in [0, 0.05) is 16.8 Å². The van der Waals surface area contributed by atoms with E-state index in [9.17, 15) is 4.79 Å². The second-order valence-electron chi connectivity index (χ2n) is 5.73. The Labute approximate surface area is 146 Å². The molecule has 24 heavy (non-hydrogen) atoms. The monoisotopic (exact) mass is 329 g/mol. The standard InChI is InChI=1S/C21H15NOS/c23-21-17(14-15-8-2-1-3-9-15)16-10-4-5-11-18(16)22(21)19-12-6-7-13-20(19)24/h1-12,14H,13H2. The van der Waals surface area contributed by atoms with Gasteiger partial charge >= 0.3 is 0 Å². The van der Waals surface area contributed by atoms with E-state index in [0.717, 1.165) is 27.4 Å². The molecule has 4 rings (SSSR count). The Hall–Kier alpha value is -2.78.